The second-order valence-corrected chi connectivity index (χ2v) is 5.52. The van der Waals surface area contributed by atoms with E-state index in [1.807, 2.05) is 19.1 Å². The molecule has 1 saturated heterocycles. The lowest BCUT2D eigenvalue weighted by atomic mass is 10.1. The van der Waals surface area contributed by atoms with Gasteiger partial charge in [0, 0.05) is 44.2 Å². The molecule has 0 radical (unpaired) electrons. The van der Waals surface area contributed by atoms with Crippen LogP contribution in [-0.2, 0) is 4.74 Å². The van der Waals surface area contributed by atoms with E-state index in [1.165, 1.54) is 0 Å². The van der Waals surface area contributed by atoms with Crippen LogP contribution in [0.1, 0.15) is 13.3 Å². The van der Waals surface area contributed by atoms with Crippen LogP contribution in [0, 0.1) is 5.92 Å². The molecule has 122 valence electrons. The van der Waals surface area contributed by atoms with Crippen molar-refractivity contribution in [2.45, 2.75) is 13.3 Å². The number of urea groups is 1. The molecule has 0 saturated carbocycles. The smallest absolute Gasteiger partial charge is 0.321 e. The van der Waals surface area contributed by atoms with E-state index in [0.29, 0.717) is 30.5 Å². The fourth-order valence-corrected chi connectivity index (χ4v) is 2.66. The zero-order valence-electron chi connectivity index (χ0n) is 13.2. The maximum atomic E-state index is 12.6. The molecule has 1 N–H and O–H groups in total. The van der Waals surface area contributed by atoms with Crippen LogP contribution in [-0.4, -0.2) is 52.0 Å². The van der Waals surface area contributed by atoms with Crippen LogP contribution >= 0.6 is 0 Å². The average molecular weight is 315 g/mol. The van der Waals surface area contributed by atoms with Crippen molar-refractivity contribution in [1.82, 2.24) is 19.7 Å². The molecule has 0 aliphatic carbocycles. The van der Waals surface area contributed by atoms with Crippen molar-refractivity contribution < 1.29 is 9.53 Å². The lowest BCUT2D eigenvalue weighted by molar-refractivity contribution is 0.171. The highest BCUT2D eigenvalue weighted by Gasteiger charge is 2.22. The molecule has 1 atom stereocenters. The maximum Gasteiger partial charge on any atom is 0.321 e. The van der Waals surface area contributed by atoms with Gasteiger partial charge in [0.25, 0.3) is 0 Å². The second-order valence-electron chi connectivity index (χ2n) is 5.52. The van der Waals surface area contributed by atoms with E-state index in [2.05, 4.69) is 15.4 Å². The summed E-state index contributed by atoms with van der Waals surface area (Å²) >= 11 is 0. The number of anilines is 1. The minimum atomic E-state index is -0.124. The predicted molar refractivity (Wildman–Crippen MR) is 86.6 cm³/mol. The molecule has 0 bridgehead atoms. The number of nitrogens with one attached hydrogen (secondary N) is 1. The Morgan fingerprint density at radius 1 is 1.48 bits per heavy atom. The first-order valence-electron chi connectivity index (χ1n) is 7.86. The van der Waals surface area contributed by atoms with Crippen LogP contribution in [0.3, 0.4) is 0 Å². The first-order chi connectivity index (χ1) is 11.3. The normalized spacial score (nSPS) is 17.2. The molecule has 2 aromatic rings. The second kappa shape index (κ2) is 7.23. The Morgan fingerprint density at radius 3 is 3.09 bits per heavy atom. The molecule has 7 nitrogen and oxygen atoms in total. The summed E-state index contributed by atoms with van der Waals surface area (Å²) in [6, 6.07) is 5.32. The summed E-state index contributed by atoms with van der Waals surface area (Å²) in [6.07, 6.45) is 6.17. The minimum Gasteiger partial charge on any atom is -0.381 e. The van der Waals surface area contributed by atoms with E-state index in [4.69, 9.17) is 4.74 Å². The summed E-state index contributed by atoms with van der Waals surface area (Å²) in [7, 11) is 0. The molecule has 23 heavy (non-hydrogen) atoms. The van der Waals surface area contributed by atoms with Crippen LogP contribution in [0.25, 0.3) is 5.82 Å². The van der Waals surface area contributed by atoms with Crippen molar-refractivity contribution in [2.75, 3.05) is 31.6 Å². The molecular formula is C16H21N5O2. The molecule has 1 aliphatic rings. The topological polar surface area (TPSA) is 72.3 Å². The van der Waals surface area contributed by atoms with Crippen molar-refractivity contribution in [3.63, 3.8) is 0 Å². The number of nitrogens with zero attached hydrogens (tertiary/aromatic N) is 4. The number of ether oxygens (including phenoxy) is 1. The maximum absolute atomic E-state index is 12.6. The third-order valence-corrected chi connectivity index (χ3v) is 3.92. The Kier molecular flexibility index (Phi) is 4.87. The number of amides is 2. The van der Waals surface area contributed by atoms with Crippen molar-refractivity contribution in [2.24, 2.45) is 5.92 Å². The summed E-state index contributed by atoms with van der Waals surface area (Å²) in [5.74, 6) is 1.02. The predicted octanol–water partition coefficient (Wildman–Crippen LogP) is 2.16. The van der Waals surface area contributed by atoms with Crippen molar-refractivity contribution in [1.29, 1.82) is 0 Å². The largest absolute Gasteiger partial charge is 0.381 e. The van der Waals surface area contributed by atoms with Gasteiger partial charge < -0.3 is 15.0 Å². The van der Waals surface area contributed by atoms with Crippen molar-refractivity contribution in [3.05, 3.63) is 36.8 Å². The Balaban J connectivity index is 1.71. The Morgan fingerprint density at radius 2 is 2.39 bits per heavy atom. The number of hydrogen-bond donors (Lipinski definition) is 1. The molecule has 3 heterocycles. The van der Waals surface area contributed by atoms with E-state index in [1.54, 1.807) is 34.2 Å². The first-order valence-corrected chi connectivity index (χ1v) is 7.86. The third-order valence-electron chi connectivity index (χ3n) is 3.92. The van der Waals surface area contributed by atoms with Crippen LogP contribution in [0.4, 0.5) is 10.5 Å². The minimum absolute atomic E-state index is 0.124. The first kappa shape index (κ1) is 15.5. The van der Waals surface area contributed by atoms with Gasteiger partial charge in [0.2, 0.25) is 0 Å². The van der Waals surface area contributed by atoms with Crippen LogP contribution < -0.4 is 5.32 Å². The average Bonchev–Trinajstić information content (AvgIpc) is 3.26. The van der Waals surface area contributed by atoms with Gasteiger partial charge in [-0.1, -0.05) is 0 Å². The van der Waals surface area contributed by atoms with Crippen LogP contribution in [0.2, 0.25) is 0 Å². The lowest BCUT2D eigenvalue weighted by Crippen LogP contribution is -2.38. The number of aromatic nitrogens is 3. The molecule has 0 unspecified atom stereocenters. The molecule has 7 heteroatoms. The van der Waals surface area contributed by atoms with Gasteiger partial charge in [-0.3, -0.25) is 0 Å². The molecular weight excluding hydrogens is 294 g/mol. The Hall–Kier alpha value is -2.41. The highest BCUT2D eigenvalue weighted by molar-refractivity contribution is 5.91. The molecule has 3 rings (SSSR count). The SMILES string of the molecule is CCN(C[C@@H]1CCOC1)C(=O)Nc1cccnc1-n1cccn1. The van der Waals surface area contributed by atoms with Crippen molar-refractivity contribution >= 4 is 11.7 Å². The molecule has 2 aromatic heterocycles. The highest BCUT2D eigenvalue weighted by Crippen LogP contribution is 2.18. The van der Waals surface area contributed by atoms with Gasteiger partial charge >= 0.3 is 6.03 Å². The van der Waals surface area contributed by atoms with E-state index in [9.17, 15) is 4.79 Å². The Labute approximate surface area is 135 Å². The third kappa shape index (κ3) is 3.68. The highest BCUT2D eigenvalue weighted by atomic mass is 16.5. The molecule has 1 aliphatic heterocycles. The number of hydrogen-bond acceptors (Lipinski definition) is 4. The Bertz CT molecular complexity index is 638. The van der Waals surface area contributed by atoms with Gasteiger partial charge in [0.1, 0.15) is 0 Å². The van der Waals surface area contributed by atoms with Gasteiger partial charge in [-0.2, -0.15) is 5.10 Å². The fourth-order valence-electron chi connectivity index (χ4n) is 2.66. The number of carbonyl (C=O) groups excluding carboxylic acids is 1. The van der Waals surface area contributed by atoms with E-state index >= 15 is 0 Å². The summed E-state index contributed by atoms with van der Waals surface area (Å²) in [5.41, 5.74) is 0.641. The van der Waals surface area contributed by atoms with Gasteiger partial charge in [0.15, 0.2) is 5.82 Å². The van der Waals surface area contributed by atoms with Gasteiger partial charge in [-0.05, 0) is 31.5 Å². The number of pyridine rings is 1. The zero-order chi connectivity index (χ0) is 16.1. The molecule has 0 aromatic carbocycles. The lowest BCUT2D eigenvalue weighted by Gasteiger charge is -2.24. The van der Waals surface area contributed by atoms with Gasteiger partial charge in [-0.25, -0.2) is 14.5 Å². The van der Waals surface area contributed by atoms with Crippen LogP contribution in [0.15, 0.2) is 36.8 Å². The van der Waals surface area contributed by atoms with E-state index < -0.39 is 0 Å². The molecule has 2 amide bonds. The van der Waals surface area contributed by atoms with Crippen molar-refractivity contribution in [3.8, 4) is 5.82 Å². The monoisotopic (exact) mass is 315 g/mol. The zero-order valence-corrected chi connectivity index (χ0v) is 13.2. The summed E-state index contributed by atoms with van der Waals surface area (Å²) in [4.78, 5) is 18.7. The number of carbonyl (C=O) groups is 1. The quantitative estimate of drug-likeness (QED) is 0.917. The fraction of sp³-hybridized carbons (Fsp3) is 0.438. The van der Waals surface area contributed by atoms with Gasteiger partial charge in [-0.15, -0.1) is 0 Å². The standard InChI is InChI=1S/C16H21N5O2/c1-2-20(11-13-6-10-23-12-13)16(22)19-14-5-3-7-17-15(14)21-9-4-8-18-21/h3-5,7-9,13H,2,6,10-12H2,1H3,(H,19,22)/t13-/m0/s1. The van der Waals surface area contributed by atoms with Gasteiger partial charge in [0.05, 0.1) is 12.3 Å². The van der Waals surface area contributed by atoms with Crippen LogP contribution in [0.5, 0.6) is 0 Å². The molecule has 0 spiro atoms. The summed E-state index contributed by atoms with van der Waals surface area (Å²) in [5, 5.41) is 7.12. The summed E-state index contributed by atoms with van der Waals surface area (Å²) in [6.45, 7) is 4.86. The number of rotatable bonds is 5. The van der Waals surface area contributed by atoms with E-state index in [-0.39, 0.29) is 6.03 Å². The summed E-state index contributed by atoms with van der Waals surface area (Å²) < 4.78 is 7.02. The molecule has 1 fully saturated rings. The van der Waals surface area contributed by atoms with E-state index in [0.717, 1.165) is 19.6 Å².